The summed E-state index contributed by atoms with van der Waals surface area (Å²) in [6, 6.07) is 1.08. The summed E-state index contributed by atoms with van der Waals surface area (Å²) in [5, 5.41) is 8.95. The molecule has 106 valence electrons. The summed E-state index contributed by atoms with van der Waals surface area (Å²) in [4.78, 5) is 22.5. The van der Waals surface area contributed by atoms with Gasteiger partial charge in [0.2, 0.25) is 0 Å². The van der Waals surface area contributed by atoms with E-state index in [0.717, 1.165) is 6.04 Å². The highest BCUT2D eigenvalue weighted by atomic mass is 28.3. The molecule has 2 aliphatic rings. The van der Waals surface area contributed by atoms with Crippen LogP contribution in [0.2, 0.25) is 25.7 Å². The second kappa shape index (κ2) is 5.11. The molecule has 0 aromatic rings. The van der Waals surface area contributed by atoms with Crippen LogP contribution in [0.1, 0.15) is 12.8 Å². The Hall–Kier alpha value is -1.10. The summed E-state index contributed by atoms with van der Waals surface area (Å²) in [5.41, 5.74) is 0. The highest BCUT2D eigenvalue weighted by Crippen LogP contribution is 2.42. The summed E-state index contributed by atoms with van der Waals surface area (Å²) in [7, 11) is -1.24. The Morgan fingerprint density at radius 2 is 2.00 bits per heavy atom. The quantitative estimate of drug-likeness (QED) is 0.489. The van der Waals surface area contributed by atoms with E-state index in [9.17, 15) is 9.59 Å². The summed E-state index contributed by atoms with van der Waals surface area (Å²) < 4.78 is 5.47. The molecule has 1 N–H and O–H groups in total. The van der Waals surface area contributed by atoms with Crippen LogP contribution < -0.4 is 0 Å². The maximum absolute atomic E-state index is 11.6. The van der Waals surface area contributed by atoms with Gasteiger partial charge in [0, 0.05) is 19.9 Å². The van der Waals surface area contributed by atoms with Crippen molar-refractivity contribution in [1.82, 2.24) is 0 Å². The topological polar surface area (TPSA) is 63.6 Å². The van der Waals surface area contributed by atoms with E-state index in [1.165, 1.54) is 0 Å². The monoisotopic (exact) mass is 282 g/mol. The number of carbonyl (C=O) groups is 2. The number of hydrogen-bond acceptors (Lipinski definition) is 3. The molecule has 4 atom stereocenters. The molecule has 0 unspecified atom stereocenters. The van der Waals surface area contributed by atoms with E-state index < -0.39 is 14.0 Å². The van der Waals surface area contributed by atoms with Crippen molar-refractivity contribution in [2.75, 3.05) is 0 Å². The lowest BCUT2D eigenvalue weighted by molar-refractivity contribution is -0.142. The molecule has 1 heterocycles. The van der Waals surface area contributed by atoms with E-state index in [2.05, 4.69) is 25.7 Å². The van der Waals surface area contributed by atoms with Crippen molar-refractivity contribution in [3.8, 4) is 0 Å². The van der Waals surface area contributed by atoms with Crippen LogP contribution in [0, 0.1) is 17.8 Å². The fourth-order valence-corrected chi connectivity index (χ4v) is 5.03. The number of hydrogen-bond donors (Lipinski definition) is 1. The van der Waals surface area contributed by atoms with E-state index in [-0.39, 0.29) is 36.2 Å². The third kappa shape index (κ3) is 3.46. The van der Waals surface area contributed by atoms with Gasteiger partial charge in [-0.25, -0.2) is 0 Å². The van der Waals surface area contributed by atoms with E-state index in [4.69, 9.17) is 9.84 Å². The molecule has 5 heteroatoms. The first-order valence-electron chi connectivity index (χ1n) is 6.86. The summed E-state index contributed by atoms with van der Waals surface area (Å²) >= 11 is 0. The van der Waals surface area contributed by atoms with E-state index in [1.807, 2.05) is 6.08 Å². The van der Waals surface area contributed by atoms with Crippen LogP contribution in [0.25, 0.3) is 0 Å². The molecule has 1 aliphatic heterocycles. The van der Waals surface area contributed by atoms with Crippen molar-refractivity contribution in [2.45, 2.75) is 44.6 Å². The van der Waals surface area contributed by atoms with Crippen molar-refractivity contribution in [2.24, 2.45) is 17.8 Å². The number of allylic oxidation sites excluding steroid dienone is 1. The van der Waals surface area contributed by atoms with E-state index >= 15 is 0 Å². The average Bonchev–Trinajstić information content (AvgIpc) is 2.61. The zero-order valence-electron chi connectivity index (χ0n) is 11.8. The zero-order chi connectivity index (χ0) is 14.2. The molecule has 19 heavy (non-hydrogen) atoms. The standard InChI is InChI=1S/C14H22O4Si/c1-19(2,3)8-10-5-4-9(6-12(15)16)11-7-13(17)18-14(10)11/h4-5,9-11,14H,6-8H2,1-3H3,(H,15,16)/t9-,10-,11+,14-/m0/s1. The fraction of sp³-hybridized carbons (Fsp3) is 0.714. The molecule has 1 aliphatic carbocycles. The smallest absolute Gasteiger partial charge is 0.306 e. The number of carbonyl (C=O) groups excluding carboxylic acids is 1. The van der Waals surface area contributed by atoms with Crippen molar-refractivity contribution >= 4 is 20.0 Å². The number of rotatable bonds is 4. The third-order valence-electron chi connectivity index (χ3n) is 3.93. The Bertz CT molecular complexity index is 410. The summed E-state index contributed by atoms with van der Waals surface area (Å²) in [6.45, 7) is 6.90. The average molecular weight is 282 g/mol. The summed E-state index contributed by atoms with van der Waals surface area (Å²) in [5.74, 6) is -0.721. The second-order valence-electron chi connectivity index (χ2n) is 6.90. The lowest BCUT2D eigenvalue weighted by Gasteiger charge is -2.35. The normalized spacial score (nSPS) is 33.9. The Kier molecular flexibility index (Phi) is 3.85. The molecular formula is C14H22O4Si. The van der Waals surface area contributed by atoms with Gasteiger partial charge < -0.3 is 9.84 Å². The van der Waals surface area contributed by atoms with Crippen molar-refractivity contribution in [3.05, 3.63) is 12.2 Å². The molecule has 0 aromatic heterocycles. The first kappa shape index (κ1) is 14.3. The van der Waals surface area contributed by atoms with Gasteiger partial charge in [-0.1, -0.05) is 31.8 Å². The first-order chi connectivity index (χ1) is 8.76. The maximum atomic E-state index is 11.6. The van der Waals surface area contributed by atoms with Crippen LogP contribution in [-0.4, -0.2) is 31.2 Å². The van der Waals surface area contributed by atoms with Crippen LogP contribution >= 0.6 is 0 Å². The van der Waals surface area contributed by atoms with Crippen molar-refractivity contribution in [3.63, 3.8) is 0 Å². The van der Waals surface area contributed by atoms with Gasteiger partial charge in [0.1, 0.15) is 6.10 Å². The molecule has 0 radical (unpaired) electrons. The fourth-order valence-electron chi connectivity index (χ4n) is 3.25. The number of carboxylic acids is 1. The lowest BCUT2D eigenvalue weighted by Crippen LogP contribution is -2.38. The largest absolute Gasteiger partial charge is 0.481 e. The van der Waals surface area contributed by atoms with Gasteiger partial charge in [-0.05, 0) is 12.0 Å². The van der Waals surface area contributed by atoms with Crippen molar-refractivity contribution < 1.29 is 19.4 Å². The first-order valence-corrected chi connectivity index (χ1v) is 10.6. The Balaban J connectivity index is 2.17. The second-order valence-corrected chi connectivity index (χ2v) is 12.4. The van der Waals surface area contributed by atoms with Crippen LogP contribution in [0.3, 0.4) is 0 Å². The number of aliphatic carboxylic acids is 1. The minimum atomic E-state index is -1.24. The number of ether oxygens (including phenoxy) is 1. The Labute approximate surface area is 114 Å². The minimum absolute atomic E-state index is 0.0509. The molecule has 1 saturated heterocycles. The lowest BCUT2D eigenvalue weighted by atomic mass is 9.75. The van der Waals surface area contributed by atoms with Gasteiger partial charge in [0.15, 0.2) is 0 Å². The maximum Gasteiger partial charge on any atom is 0.306 e. The van der Waals surface area contributed by atoms with Gasteiger partial charge in [-0.2, -0.15) is 0 Å². The van der Waals surface area contributed by atoms with Crippen LogP contribution in [0.15, 0.2) is 12.2 Å². The molecule has 0 amide bonds. The predicted molar refractivity (Wildman–Crippen MR) is 74.5 cm³/mol. The molecule has 0 aromatic carbocycles. The third-order valence-corrected chi connectivity index (χ3v) is 5.62. The van der Waals surface area contributed by atoms with Crippen LogP contribution in [0.4, 0.5) is 0 Å². The number of esters is 1. The number of carboxylic acid groups (broad SMARTS) is 1. The SMILES string of the molecule is C[Si](C)(C)C[C@@H]1C=C[C@@H](CC(=O)O)[C@H]2CC(=O)O[C@H]21. The van der Waals surface area contributed by atoms with Gasteiger partial charge in [-0.15, -0.1) is 0 Å². The molecule has 4 nitrogen and oxygen atoms in total. The Morgan fingerprint density at radius 3 is 2.58 bits per heavy atom. The van der Waals surface area contributed by atoms with Crippen LogP contribution in [-0.2, 0) is 14.3 Å². The van der Waals surface area contributed by atoms with Crippen molar-refractivity contribution in [1.29, 1.82) is 0 Å². The van der Waals surface area contributed by atoms with E-state index in [1.54, 1.807) is 0 Å². The molecule has 0 bridgehead atoms. The molecule has 1 fully saturated rings. The Morgan fingerprint density at radius 1 is 1.37 bits per heavy atom. The zero-order valence-corrected chi connectivity index (χ0v) is 12.8. The minimum Gasteiger partial charge on any atom is -0.481 e. The highest BCUT2D eigenvalue weighted by molar-refractivity contribution is 6.76. The van der Waals surface area contributed by atoms with Crippen LogP contribution in [0.5, 0.6) is 0 Å². The molecule has 2 rings (SSSR count). The van der Waals surface area contributed by atoms with Gasteiger partial charge >= 0.3 is 11.9 Å². The number of fused-ring (bicyclic) bond motifs is 1. The van der Waals surface area contributed by atoms with Gasteiger partial charge in [0.25, 0.3) is 0 Å². The highest BCUT2D eigenvalue weighted by Gasteiger charge is 2.46. The molecule has 0 spiro atoms. The molecule has 0 saturated carbocycles. The summed E-state index contributed by atoms with van der Waals surface area (Å²) in [6.07, 6.45) is 4.45. The van der Waals surface area contributed by atoms with Gasteiger partial charge in [-0.3, -0.25) is 9.59 Å². The molecular weight excluding hydrogens is 260 g/mol. The predicted octanol–water partition coefficient (Wildman–Crippen LogP) is 2.53. The van der Waals surface area contributed by atoms with Gasteiger partial charge in [0.05, 0.1) is 12.8 Å². The van der Waals surface area contributed by atoms with E-state index in [0.29, 0.717) is 6.42 Å².